The van der Waals surface area contributed by atoms with Crippen LogP contribution in [-0.4, -0.2) is 19.6 Å². The van der Waals surface area contributed by atoms with Crippen LogP contribution < -0.4 is 5.32 Å². The lowest BCUT2D eigenvalue weighted by molar-refractivity contribution is 0.0954. The fourth-order valence-electron chi connectivity index (χ4n) is 1.86. The minimum absolute atomic E-state index is 0.0430. The normalized spacial score (nSPS) is 10.5. The van der Waals surface area contributed by atoms with Gasteiger partial charge < -0.3 is 10.1 Å². The Morgan fingerprint density at radius 1 is 1.35 bits per heavy atom. The van der Waals surface area contributed by atoms with Crippen LogP contribution in [0.15, 0.2) is 40.2 Å². The van der Waals surface area contributed by atoms with Crippen molar-refractivity contribution in [3.05, 3.63) is 56.2 Å². The first-order valence-corrected chi connectivity index (χ1v) is 7.90. The van der Waals surface area contributed by atoms with Crippen molar-refractivity contribution in [2.24, 2.45) is 0 Å². The fourth-order valence-corrected chi connectivity index (χ4v) is 3.34. The molecule has 0 atom stereocenters. The summed E-state index contributed by atoms with van der Waals surface area (Å²) in [7, 11) is 1.64. The van der Waals surface area contributed by atoms with E-state index in [9.17, 15) is 4.79 Å². The third kappa shape index (κ3) is 4.44. The molecule has 2 rings (SSSR count). The number of rotatable bonds is 6. The SMILES string of the molecule is COCc1cccc(C(=O)NCCc2ccc(Br)s2)c1. The Morgan fingerprint density at radius 2 is 2.20 bits per heavy atom. The van der Waals surface area contributed by atoms with Crippen molar-refractivity contribution in [3.63, 3.8) is 0 Å². The van der Waals surface area contributed by atoms with Gasteiger partial charge in [0, 0.05) is 24.1 Å². The molecule has 1 aromatic carbocycles. The predicted molar refractivity (Wildman–Crippen MR) is 85.2 cm³/mol. The van der Waals surface area contributed by atoms with Gasteiger partial charge in [-0.1, -0.05) is 12.1 Å². The zero-order valence-corrected chi connectivity index (χ0v) is 13.6. The van der Waals surface area contributed by atoms with E-state index in [0.717, 1.165) is 15.8 Å². The van der Waals surface area contributed by atoms with Gasteiger partial charge >= 0.3 is 0 Å². The topological polar surface area (TPSA) is 38.3 Å². The monoisotopic (exact) mass is 353 g/mol. The lowest BCUT2D eigenvalue weighted by Crippen LogP contribution is -2.25. The number of methoxy groups -OCH3 is 1. The molecule has 3 nitrogen and oxygen atoms in total. The van der Waals surface area contributed by atoms with Crippen molar-refractivity contribution >= 4 is 33.2 Å². The average Bonchev–Trinajstić information content (AvgIpc) is 2.85. The summed E-state index contributed by atoms with van der Waals surface area (Å²) in [5.41, 5.74) is 1.68. The number of amides is 1. The van der Waals surface area contributed by atoms with Crippen molar-refractivity contribution in [3.8, 4) is 0 Å². The highest BCUT2D eigenvalue weighted by Crippen LogP contribution is 2.22. The third-order valence-electron chi connectivity index (χ3n) is 2.79. The molecule has 1 aromatic heterocycles. The summed E-state index contributed by atoms with van der Waals surface area (Å²) >= 11 is 5.12. The number of benzene rings is 1. The summed E-state index contributed by atoms with van der Waals surface area (Å²) in [6.07, 6.45) is 0.847. The van der Waals surface area contributed by atoms with Crippen LogP contribution in [0.2, 0.25) is 0 Å². The van der Waals surface area contributed by atoms with Crippen LogP contribution in [-0.2, 0) is 17.8 Å². The van der Waals surface area contributed by atoms with E-state index >= 15 is 0 Å². The number of ether oxygens (including phenoxy) is 1. The van der Waals surface area contributed by atoms with Gasteiger partial charge in [-0.25, -0.2) is 0 Å². The molecule has 0 bridgehead atoms. The molecule has 0 aliphatic rings. The number of thiophene rings is 1. The first-order valence-electron chi connectivity index (χ1n) is 6.29. The predicted octanol–water partition coefficient (Wildman–Crippen LogP) is 3.63. The molecule has 0 aliphatic carbocycles. The van der Waals surface area contributed by atoms with Gasteiger partial charge in [-0.3, -0.25) is 4.79 Å². The summed E-state index contributed by atoms with van der Waals surface area (Å²) in [5, 5.41) is 2.94. The smallest absolute Gasteiger partial charge is 0.251 e. The lowest BCUT2D eigenvalue weighted by Gasteiger charge is -2.06. The van der Waals surface area contributed by atoms with Crippen molar-refractivity contribution in [1.82, 2.24) is 5.32 Å². The van der Waals surface area contributed by atoms with Gasteiger partial charge in [-0.2, -0.15) is 0 Å². The van der Waals surface area contributed by atoms with Crippen LogP contribution in [0.3, 0.4) is 0 Å². The Bertz CT molecular complexity index is 583. The zero-order chi connectivity index (χ0) is 14.4. The second kappa shape index (κ2) is 7.57. The standard InChI is InChI=1S/C15H16BrNO2S/c1-19-10-11-3-2-4-12(9-11)15(18)17-8-7-13-5-6-14(16)20-13/h2-6,9H,7-8,10H2,1H3,(H,17,18). The van der Waals surface area contributed by atoms with Crippen molar-refractivity contribution in [1.29, 1.82) is 0 Å². The first-order chi connectivity index (χ1) is 9.69. The number of hydrogen-bond acceptors (Lipinski definition) is 3. The van der Waals surface area contributed by atoms with E-state index in [1.807, 2.05) is 30.3 Å². The van der Waals surface area contributed by atoms with Gasteiger partial charge in [0.15, 0.2) is 0 Å². The minimum atomic E-state index is -0.0430. The van der Waals surface area contributed by atoms with Crippen molar-refractivity contribution < 1.29 is 9.53 Å². The van der Waals surface area contributed by atoms with Crippen LogP contribution in [0, 0.1) is 0 Å². The lowest BCUT2D eigenvalue weighted by atomic mass is 10.1. The number of carbonyl (C=O) groups excluding carboxylic acids is 1. The van der Waals surface area contributed by atoms with Crippen LogP contribution in [0.4, 0.5) is 0 Å². The molecular formula is C15H16BrNO2S. The highest BCUT2D eigenvalue weighted by molar-refractivity contribution is 9.11. The highest BCUT2D eigenvalue weighted by atomic mass is 79.9. The number of hydrogen-bond donors (Lipinski definition) is 1. The summed E-state index contributed by atoms with van der Waals surface area (Å²) in [6.45, 7) is 1.16. The molecule has 1 heterocycles. The van der Waals surface area contributed by atoms with Gasteiger partial charge in [-0.15, -0.1) is 11.3 Å². The molecule has 0 saturated carbocycles. The number of carbonyl (C=O) groups is 1. The summed E-state index contributed by atoms with van der Waals surface area (Å²) < 4.78 is 6.19. The zero-order valence-electron chi connectivity index (χ0n) is 11.2. The van der Waals surface area contributed by atoms with E-state index in [-0.39, 0.29) is 5.91 Å². The van der Waals surface area contributed by atoms with Crippen LogP contribution in [0.1, 0.15) is 20.8 Å². The highest BCUT2D eigenvalue weighted by Gasteiger charge is 2.06. The molecular weight excluding hydrogens is 338 g/mol. The largest absolute Gasteiger partial charge is 0.380 e. The van der Waals surface area contributed by atoms with Gasteiger partial charge in [0.05, 0.1) is 10.4 Å². The molecule has 106 valence electrons. The molecule has 20 heavy (non-hydrogen) atoms. The molecule has 0 spiro atoms. The molecule has 1 amide bonds. The molecule has 0 radical (unpaired) electrons. The molecule has 0 fully saturated rings. The van der Waals surface area contributed by atoms with Gasteiger partial charge in [0.25, 0.3) is 5.91 Å². The molecule has 2 aromatic rings. The van der Waals surface area contributed by atoms with Crippen LogP contribution in [0.25, 0.3) is 0 Å². The van der Waals surface area contributed by atoms with Crippen molar-refractivity contribution in [2.45, 2.75) is 13.0 Å². The number of nitrogens with one attached hydrogen (secondary N) is 1. The maximum atomic E-state index is 12.0. The second-order valence-corrected chi connectivity index (χ2v) is 6.89. The van der Waals surface area contributed by atoms with E-state index in [4.69, 9.17) is 4.74 Å². The summed E-state index contributed by atoms with van der Waals surface area (Å²) in [6, 6.07) is 11.6. The Morgan fingerprint density at radius 3 is 2.90 bits per heavy atom. The van der Waals surface area contributed by atoms with Crippen LogP contribution >= 0.6 is 27.3 Å². The van der Waals surface area contributed by atoms with Gasteiger partial charge in [0.1, 0.15) is 0 Å². The second-order valence-electron chi connectivity index (χ2n) is 4.35. The summed E-state index contributed by atoms with van der Waals surface area (Å²) in [5.74, 6) is -0.0430. The Balaban J connectivity index is 1.86. The molecule has 0 unspecified atom stereocenters. The van der Waals surface area contributed by atoms with Gasteiger partial charge in [-0.05, 0) is 52.2 Å². The quantitative estimate of drug-likeness (QED) is 0.860. The minimum Gasteiger partial charge on any atom is -0.380 e. The Kier molecular flexibility index (Phi) is 5.76. The fraction of sp³-hybridized carbons (Fsp3) is 0.267. The third-order valence-corrected chi connectivity index (χ3v) is 4.47. The van der Waals surface area contributed by atoms with Crippen LogP contribution in [0.5, 0.6) is 0 Å². The average molecular weight is 354 g/mol. The number of halogens is 1. The first kappa shape index (κ1) is 15.2. The van der Waals surface area contributed by atoms with E-state index in [1.54, 1.807) is 18.4 Å². The van der Waals surface area contributed by atoms with E-state index in [0.29, 0.717) is 18.7 Å². The Labute approximate surface area is 131 Å². The van der Waals surface area contributed by atoms with E-state index < -0.39 is 0 Å². The molecule has 5 heteroatoms. The van der Waals surface area contributed by atoms with E-state index in [1.165, 1.54) is 4.88 Å². The maximum absolute atomic E-state index is 12.0. The molecule has 1 N–H and O–H groups in total. The Hall–Kier alpha value is -1.17. The maximum Gasteiger partial charge on any atom is 0.251 e. The van der Waals surface area contributed by atoms with Crippen molar-refractivity contribution in [2.75, 3.05) is 13.7 Å². The molecule has 0 aliphatic heterocycles. The summed E-state index contributed by atoms with van der Waals surface area (Å²) in [4.78, 5) is 13.3. The van der Waals surface area contributed by atoms with Gasteiger partial charge in [0.2, 0.25) is 0 Å². The molecule has 0 saturated heterocycles. The van der Waals surface area contributed by atoms with E-state index in [2.05, 4.69) is 27.3 Å².